The van der Waals surface area contributed by atoms with Gasteiger partial charge in [-0.25, -0.2) is 0 Å². The zero-order chi connectivity index (χ0) is 15.9. The third-order valence-electron chi connectivity index (χ3n) is 3.44. The number of hydrogen-bond donors (Lipinski definition) is 0. The maximum absolute atomic E-state index is 12.4. The molecule has 0 aromatic carbocycles. The summed E-state index contributed by atoms with van der Waals surface area (Å²) in [4.78, 5) is 25.2. The second kappa shape index (κ2) is 8.33. The Labute approximate surface area is 125 Å². The van der Waals surface area contributed by atoms with Crippen molar-refractivity contribution in [2.75, 3.05) is 33.1 Å². The first-order valence-corrected chi connectivity index (χ1v) is 8.85. The Morgan fingerprint density at radius 3 is 2.67 bits per heavy atom. The number of hydrogen-bond acceptors (Lipinski definition) is 6. The van der Waals surface area contributed by atoms with Crippen LogP contribution < -0.4 is 0 Å². The molecule has 0 aromatic rings. The van der Waals surface area contributed by atoms with E-state index in [2.05, 4.69) is 4.74 Å². The van der Waals surface area contributed by atoms with E-state index in [0.717, 1.165) is 25.5 Å². The van der Waals surface area contributed by atoms with E-state index in [0.29, 0.717) is 19.5 Å². The van der Waals surface area contributed by atoms with Crippen LogP contribution in [-0.2, 0) is 28.6 Å². The van der Waals surface area contributed by atoms with E-state index >= 15 is 0 Å². The van der Waals surface area contributed by atoms with Crippen LogP contribution in [0.3, 0.4) is 0 Å². The van der Waals surface area contributed by atoms with Gasteiger partial charge < -0.3 is 9.64 Å². The zero-order valence-corrected chi connectivity index (χ0v) is 13.4. The number of ether oxygens (including phenoxy) is 1. The van der Waals surface area contributed by atoms with Gasteiger partial charge in [0.25, 0.3) is 10.1 Å². The molecule has 0 bridgehead atoms. The summed E-state index contributed by atoms with van der Waals surface area (Å²) in [5, 5.41) is 0. The molecule has 1 aliphatic heterocycles. The van der Waals surface area contributed by atoms with Crippen molar-refractivity contribution < 1.29 is 26.9 Å². The molecule has 1 amide bonds. The maximum Gasteiger partial charge on any atom is 0.307 e. The summed E-state index contributed by atoms with van der Waals surface area (Å²) in [7, 11) is -2.25. The normalized spacial score (nSPS) is 20.8. The molecule has 122 valence electrons. The zero-order valence-electron chi connectivity index (χ0n) is 12.5. The fourth-order valence-electron chi connectivity index (χ4n) is 2.27. The number of esters is 1. The van der Waals surface area contributed by atoms with Crippen LogP contribution in [0.25, 0.3) is 0 Å². The Kier molecular flexibility index (Phi) is 7.10. The number of carbonyl (C=O) groups is 2. The molecule has 1 saturated heterocycles. The first-order chi connectivity index (χ1) is 9.83. The van der Waals surface area contributed by atoms with E-state index < -0.39 is 16.0 Å². The van der Waals surface area contributed by atoms with Crippen LogP contribution in [0.15, 0.2) is 0 Å². The van der Waals surface area contributed by atoms with Crippen molar-refractivity contribution in [2.45, 2.75) is 32.1 Å². The van der Waals surface area contributed by atoms with Gasteiger partial charge in [-0.3, -0.25) is 13.8 Å². The molecule has 0 radical (unpaired) electrons. The topological polar surface area (TPSA) is 90.0 Å². The highest BCUT2D eigenvalue weighted by Crippen LogP contribution is 2.19. The third-order valence-corrected chi connectivity index (χ3v) is 4.00. The molecule has 1 aliphatic rings. The monoisotopic (exact) mass is 321 g/mol. The van der Waals surface area contributed by atoms with Gasteiger partial charge >= 0.3 is 5.97 Å². The largest absolute Gasteiger partial charge is 0.469 e. The molecule has 0 spiro atoms. The predicted molar refractivity (Wildman–Crippen MR) is 76.0 cm³/mol. The van der Waals surface area contributed by atoms with Crippen molar-refractivity contribution in [1.82, 2.24) is 4.90 Å². The number of carbonyl (C=O) groups excluding carboxylic acids is 2. The van der Waals surface area contributed by atoms with Gasteiger partial charge in [0.15, 0.2) is 0 Å². The highest BCUT2D eigenvalue weighted by molar-refractivity contribution is 7.85. The molecule has 0 N–H and O–H groups in total. The van der Waals surface area contributed by atoms with Crippen molar-refractivity contribution in [3.63, 3.8) is 0 Å². The average Bonchev–Trinajstić information content (AvgIpc) is 2.40. The van der Waals surface area contributed by atoms with Gasteiger partial charge in [0.05, 0.1) is 32.3 Å². The maximum atomic E-state index is 12.4. The van der Waals surface area contributed by atoms with Crippen LogP contribution in [0.1, 0.15) is 32.1 Å². The highest BCUT2D eigenvalue weighted by Gasteiger charge is 2.27. The van der Waals surface area contributed by atoms with Crippen molar-refractivity contribution in [3.05, 3.63) is 0 Å². The minimum Gasteiger partial charge on any atom is -0.469 e. The Morgan fingerprint density at radius 2 is 2.05 bits per heavy atom. The van der Waals surface area contributed by atoms with E-state index in [4.69, 9.17) is 4.18 Å². The average molecular weight is 321 g/mol. The lowest BCUT2D eigenvalue weighted by molar-refractivity contribution is -0.143. The van der Waals surface area contributed by atoms with Crippen LogP contribution in [0.2, 0.25) is 0 Å². The van der Waals surface area contributed by atoms with Crippen molar-refractivity contribution >= 4 is 22.0 Å². The molecule has 0 aliphatic carbocycles. The first kappa shape index (κ1) is 17.9. The van der Waals surface area contributed by atoms with Crippen LogP contribution in [0, 0.1) is 5.92 Å². The Bertz CT molecular complexity index is 461. The molecule has 21 heavy (non-hydrogen) atoms. The van der Waals surface area contributed by atoms with Crippen molar-refractivity contribution in [1.29, 1.82) is 0 Å². The number of rotatable bonds is 6. The summed E-state index contributed by atoms with van der Waals surface area (Å²) < 4.78 is 31.5. The molecular formula is C13H23NO6S. The SMILES string of the molecule is COC(=O)CCN1CCCCCC(COS(C)(=O)=O)C1=O. The van der Waals surface area contributed by atoms with Gasteiger partial charge in [-0.1, -0.05) is 12.8 Å². The Hall–Kier alpha value is -1.15. The smallest absolute Gasteiger partial charge is 0.307 e. The van der Waals surface area contributed by atoms with Crippen molar-refractivity contribution in [2.24, 2.45) is 5.92 Å². The molecule has 7 nitrogen and oxygen atoms in total. The fraction of sp³-hybridized carbons (Fsp3) is 0.846. The minimum absolute atomic E-state index is 0.133. The summed E-state index contributed by atoms with van der Waals surface area (Å²) in [6.07, 6.45) is 4.43. The predicted octanol–water partition coefficient (Wildman–Crippen LogP) is 0.544. The molecule has 1 fully saturated rings. The summed E-state index contributed by atoms with van der Waals surface area (Å²) >= 11 is 0. The van der Waals surface area contributed by atoms with Gasteiger partial charge in [-0.2, -0.15) is 8.42 Å². The summed E-state index contributed by atoms with van der Waals surface area (Å²) in [5.41, 5.74) is 0. The molecule has 1 rings (SSSR count). The summed E-state index contributed by atoms with van der Waals surface area (Å²) in [6.45, 7) is 0.735. The van der Waals surface area contributed by atoms with Crippen LogP contribution in [-0.4, -0.2) is 58.3 Å². The van der Waals surface area contributed by atoms with Crippen LogP contribution in [0.4, 0.5) is 0 Å². The molecule has 0 aromatic heterocycles. The summed E-state index contributed by atoms with van der Waals surface area (Å²) in [5.74, 6) is -0.992. The second-order valence-corrected chi connectivity index (χ2v) is 6.83. The number of methoxy groups -OCH3 is 1. The van der Waals surface area contributed by atoms with Gasteiger partial charge in [0.1, 0.15) is 0 Å². The van der Waals surface area contributed by atoms with Crippen molar-refractivity contribution in [3.8, 4) is 0 Å². The van der Waals surface area contributed by atoms with E-state index in [9.17, 15) is 18.0 Å². The fourth-order valence-corrected chi connectivity index (χ4v) is 2.68. The quantitative estimate of drug-likeness (QED) is 0.524. The van der Waals surface area contributed by atoms with Gasteiger partial charge in [-0.05, 0) is 12.8 Å². The molecule has 8 heteroatoms. The third kappa shape index (κ3) is 6.90. The second-order valence-electron chi connectivity index (χ2n) is 5.19. The van der Waals surface area contributed by atoms with Gasteiger partial charge in [0, 0.05) is 13.1 Å². The van der Waals surface area contributed by atoms with Crippen LogP contribution >= 0.6 is 0 Å². The highest BCUT2D eigenvalue weighted by atomic mass is 32.2. The van der Waals surface area contributed by atoms with Gasteiger partial charge in [0.2, 0.25) is 5.91 Å². The van der Waals surface area contributed by atoms with E-state index in [1.165, 1.54) is 7.11 Å². The van der Waals surface area contributed by atoms with E-state index in [1.54, 1.807) is 4.90 Å². The number of likely N-dealkylation sites (tertiary alicyclic amines) is 1. The Balaban J connectivity index is 2.64. The molecule has 1 unspecified atom stereocenters. The Morgan fingerprint density at radius 1 is 1.33 bits per heavy atom. The van der Waals surface area contributed by atoms with E-state index in [1.807, 2.05) is 0 Å². The van der Waals surface area contributed by atoms with Crippen LogP contribution in [0.5, 0.6) is 0 Å². The standard InChI is InChI=1S/C13H23NO6S/c1-19-12(15)7-9-14-8-5-3-4-6-11(13(14)16)10-20-21(2,17)18/h11H,3-10H2,1-2H3. The lowest BCUT2D eigenvalue weighted by atomic mass is 9.97. The summed E-state index contributed by atoms with van der Waals surface area (Å²) in [6, 6.07) is 0. The molecular weight excluding hydrogens is 298 g/mol. The minimum atomic E-state index is -3.56. The molecule has 1 atom stereocenters. The van der Waals surface area contributed by atoms with Gasteiger partial charge in [-0.15, -0.1) is 0 Å². The lowest BCUT2D eigenvalue weighted by Gasteiger charge is -2.29. The molecule has 1 heterocycles. The van der Waals surface area contributed by atoms with E-state index in [-0.39, 0.29) is 24.9 Å². The first-order valence-electron chi connectivity index (χ1n) is 7.03. The molecule has 0 saturated carbocycles. The number of amides is 1. The lowest BCUT2D eigenvalue weighted by Crippen LogP contribution is -2.41. The number of nitrogens with zero attached hydrogens (tertiary/aromatic N) is 1.